The van der Waals surface area contributed by atoms with Crippen LogP contribution in [0.5, 0.6) is 5.75 Å². The van der Waals surface area contributed by atoms with Crippen LogP contribution in [0.2, 0.25) is 0 Å². The fourth-order valence-electron chi connectivity index (χ4n) is 1.89. The molecule has 3 nitrogen and oxygen atoms in total. The highest BCUT2D eigenvalue weighted by Crippen LogP contribution is 2.21. The molecule has 3 rings (SSSR count). The first-order chi connectivity index (χ1) is 9.35. The van der Waals surface area contributed by atoms with Gasteiger partial charge in [-0.1, -0.05) is 18.2 Å². The summed E-state index contributed by atoms with van der Waals surface area (Å²) in [6.07, 6.45) is 1.76. The molecule has 96 valence electrons. The quantitative estimate of drug-likeness (QED) is 0.791. The molecule has 0 saturated heterocycles. The minimum absolute atomic E-state index is 0.560. The SMILES string of the molecule is NCc1ccc(COc2cnc3ccccc3c2)s1. The molecule has 2 N–H and O–H groups in total. The summed E-state index contributed by atoms with van der Waals surface area (Å²) in [5.74, 6) is 0.793. The highest BCUT2D eigenvalue weighted by molar-refractivity contribution is 7.11. The number of benzene rings is 1. The van der Waals surface area contributed by atoms with Crippen molar-refractivity contribution >= 4 is 22.2 Å². The Labute approximate surface area is 115 Å². The molecule has 0 aliphatic carbocycles. The monoisotopic (exact) mass is 270 g/mol. The molecule has 19 heavy (non-hydrogen) atoms. The van der Waals surface area contributed by atoms with E-state index < -0.39 is 0 Å². The molecule has 0 spiro atoms. The van der Waals surface area contributed by atoms with Gasteiger partial charge in [-0.05, 0) is 24.3 Å². The Kier molecular flexibility index (Phi) is 3.44. The molecule has 0 radical (unpaired) electrons. The highest BCUT2D eigenvalue weighted by Gasteiger charge is 2.02. The molecule has 3 aromatic rings. The van der Waals surface area contributed by atoms with E-state index in [4.69, 9.17) is 10.5 Å². The Balaban J connectivity index is 1.74. The van der Waals surface area contributed by atoms with Gasteiger partial charge in [0.1, 0.15) is 12.4 Å². The summed E-state index contributed by atoms with van der Waals surface area (Å²) in [5.41, 5.74) is 6.58. The third-order valence-corrected chi connectivity index (χ3v) is 3.95. The van der Waals surface area contributed by atoms with E-state index in [0.717, 1.165) is 16.7 Å². The van der Waals surface area contributed by atoms with Gasteiger partial charge in [-0.2, -0.15) is 0 Å². The lowest BCUT2D eigenvalue weighted by Crippen LogP contribution is -1.94. The summed E-state index contributed by atoms with van der Waals surface area (Å²) >= 11 is 1.69. The summed E-state index contributed by atoms with van der Waals surface area (Å²) in [6.45, 7) is 1.15. The van der Waals surface area contributed by atoms with Gasteiger partial charge >= 0.3 is 0 Å². The van der Waals surface area contributed by atoms with E-state index in [1.54, 1.807) is 17.5 Å². The molecule has 0 saturated carbocycles. The Morgan fingerprint density at radius 3 is 2.79 bits per heavy atom. The summed E-state index contributed by atoms with van der Waals surface area (Å²) in [6, 6.07) is 14.1. The first-order valence-corrected chi connectivity index (χ1v) is 6.92. The van der Waals surface area contributed by atoms with Gasteiger partial charge in [0.2, 0.25) is 0 Å². The third-order valence-electron chi connectivity index (χ3n) is 2.86. The van der Waals surface area contributed by atoms with Crippen molar-refractivity contribution in [2.45, 2.75) is 13.2 Å². The first kappa shape index (κ1) is 12.1. The molecule has 0 amide bonds. The second kappa shape index (κ2) is 5.38. The number of nitrogens with zero attached hydrogens (tertiary/aromatic N) is 1. The van der Waals surface area contributed by atoms with Crippen molar-refractivity contribution in [1.29, 1.82) is 0 Å². The number of rotatable bonds is 4. The van der Waals surface area contributed by atoms with Crippen molar-refractivity contribution in [3.05, 3.63) is 58.4 Å². The number of para-hydroxylation sites is 1. The second-order valence-electron chi connectivity index (χ2n) is 4.22. The Hall–Kier alpha value is -1.91. The summed E-state index contributed by atoms with van der Waals surface area (Å²) in [7, 11) is 0. The van der Waals surface area contributed by atoms with Crippen molar-refractivity contribution in [2.75, 3.05) is 0 Å². The lowest BCUT2D eigenvalue weighted by atomic mass is 10.2. The van der Waals surface area contributed by atoms with Gasteiger partial charge in [0, 0.05) is 21.7 Å². The van der Waals surface area contributed by atoms with E-state index in [1.807, 2.05) is 36.4 Å². The van der Waals surface area contributed by atoms with Crippen molar-refractivity contribution in [2.24, 2.45) is 5.73 Å². The fraction of sp³-hybridized carbons (Fsp3) is 0.133. The zero-order valence-corrected chi connectivity index (χ0v) is 11.2. The van der Waals surface area contributed by atoms with Crippen LogP contribution in [0.3, 0.4) is 0 Å². The van der Waals surface area contributed by atoms with E-state index in [0.29, 0.717) is 13.2 Å². The van der Waals surface area contributed by atoms with Gasteiger partial charge in [0.15, 0.2) is 0 Å². The van der Waals surface area contributed by atoms with Crippen molar-refractivity contribution < 1.29 is 4.74 Å². The van der Waals surface area contributed by atoms with Gasteiger partial charge in [0.25, 0.3) is 0 Å². The zero-order valence-electron chi connectivity index (χ0n) is 10.4. The Bertz CT molecular complexity index is 693. The van der Waals surface area contributed by atoms with Crippen molar-refractivity contribution in [3.63, 3.8) is 0 Å². The lowest BCUT2D eigenvalue weighted by molar-refractivity contribution is 0.309. The van der Waals surface area contributed by atoms with Crippen LogP contribution in [-0.4, -0.2) is 4.98 Å². The number of ether oxygens (including phenoxy) is 1. The van der Waals surface area contributed by atoms with Crippen LogP contribution < -0.4 is 10.5 Å². The molecule has 0 unspecified atom stereocenters. The minimum Gasteiger partial charge on any atom is -0.486 e. The molecule has 0 atom stereocenters. The number of aromatic nitrogens is 1. The van der Waals surface area contributed by atoms with Crippen LogP contribution in [0.1, 0.15) is 9.75 Å². The Morgan fingerprint density at radius 2 is 1.95 bits per heavy atom. The molecule has 0 bridgehead atoms. The average Bonchev–Trinajstić information content (AvgIpc) is 2.93. The van der Waals surface area contributed by atoms with Crippen molar-refractivity contribution in [1.82, 2.24) is 4.98 Å². The van der Waals surface area contributed by atoms with Crippen LogP contribution in [0, 0.1) is 0 Å². The van der Waals surface area contributed by atoms with Crippen LogP contribution in [0.25, 0.3) is 10.9 Å². The summed E-state index contributed by atoms with van der Waals surface area (Å²) in [5, 5.41) is 1.09. The molecule has 0 aliphatic heterocycles. The lowest BCUT2D eigenvalue weighted by Gasteiger charge is -2.05. The van der Waals surface area contributed by atoms with Gasteiger partial charge in [-0.15, -0.1) is 11.3 Å². The number of hydrogen-bond donors (Lipinski definition) is 1. The predicted octanol–water partition coefficient (Wildman–Crippen LogP) is 3.33. The predicted molar refractivity (Wildman–Crippen MR) is 78.3 cm³/mol. The van der Waals surface area contributed by atoms with E-state index in [9.17, 15) is 0 Å². The number of fused-ring (bicyclic) bond motifs is 1. The van der Waals surface area contributed by atoms with Gasteiger partial charge in [0.05, 0.1) is 11.7 Å². The minimum atomic E-state index is 0.560. The summed E-state index contributed by atoms with van der Waals surface area (Å²) in [4.78, 5) is 6.72. The average molecular weight is 270 g/mol. The molecular formula is C15H14N2OS. The standard InChI is InChI=1S/C15H14N2OS/c16-8-13-5-6-14(19-13)10-18-12-7-11-3-1-2-4-15(11)17-9-12/h1-7,9H,8,10,16H2. The number of nitrogens with two attached hydrogens (primary N) is 1. The topological polar surface area (TPSA) is 48.1 Å². The van der Waals surface area contributed by atoms with Crippen molar-refractivity contribution in [3.8, 4) is 5.75 Å². The number of pyridine rings is 1. The van der Waals surface area contributed by atoms with E-state index in [-0.39, 0.29) is 0 Å². The van der Waals surface area contributed by atoms with E-state index in [1.165, 1.54) is 9.75 Å². The number of hydrogen-bond acceptors (Lipinski definition) is 4. The second-order valence-corrected chi connectivity index (χ2v) is 5.48. The summed E-state index contributed by atoms with van der Waals surface area (Å²) < 4.78 is 5.77. The van der Waals surface area contributed by atoms with Crippen LogP contribution in [0.15, 0.2) is 48.7 Å². The van der Waals surface area contributed by atoms with Gasteiger partial charge in [-0.25, -0.2) is 0 Å². The molecule has 2 aromatic heterocycles. The maximum atomic E-state index is 5.77. The molecule has 2 heterocycles. The maximum absolute atomic E-state index is 5.77. The van der Waals surface area contributed by atoms with E-state index >= 15 is 0 Å². The first-order valence-electron chi connectivity index (χ1n) is 6.10. The largest absolute Gasteiger partial charge is 0.486 e. The van der Waals surface area contributed by atoms with Gasteiger partial charge in [-0.3, -0.25) is 4.98 Å². The maximum Gasteiger partial charge on any atom is 0.138 e. The third kappa shape index (κ3) is 2.75. The Morgan fingerprint density at radius 1 is 1.11 bits per heavy atom. The van der Waals surface area contributed by atoms with Crippen LogP contribution in [-0.2, 0) is 13.2 Å². The zero-order chi connectivity index (χ0) is 13.1. The normalized spacial score (nSPS) is 10.8. The van der Waals surface area contributed by atoms with Crippen LogP contribution in [0.4, 0.5) is 0 Å². The van der Waals surface area contributed by atoms with E-state index in [2.05, 4.69) is 11.1 Å². The smallest absolute Gasteiger partial charge is 0.138 e. The van der Waals surface area contributed by atoms with Gasteiger partial charge < -0.3 is 10.5 Å². The number of thiophene rings is 1. The highest BCUT2D eigenvalue weighted by atomic mass is 32.1. The fourth-order valence-corrected chi connectivity index (χ4v) is 2.70. The molecular weight excluding hydrogens is 256 g/mol. The molecule has 1 aromatic carbocycles. The molecule has 4 heteroatoms. The molecule has 0 aliphatic rings. The van der Waals surface area contributed by atoms with Crippen LogP contribution >= 0.6 is 11.3 Å². The molecule has 0 fully saturated rings.